The van der Waals surface area contributed by atoms with Crippen molar-refractivity contribution in [3.63, 3.8) is 0 Å². The zero-order valence-electron chi connectivity index (χ0n) is 14.1. The summed E-state index contributed by atoms with van der Waals surface area (Å²) >= 11 is 0. The fourth-order valence-corrected chi connectivity index (χ4v) is 3.42. The van der Waals surface area contributed by atoms with Gasteiger partial charge in [-0.05, 0) is 19.1 Å². The van der Waals surface area contributed by atoms with Gasteiger partial charge in [0.2, 0.25) is 0 Å². The van der Waals surface area contributed by atoms with Crippen LogP contribution in [0.15, 0.2) is 96.0 Å². The molecule has 3 aromatic carbocycles. The number of nitrogens with zero attached hydrogens (tertiary/aromatic N) is 2. The molecule has 3 heteroatoms. The van der Waals surface area contributed by atoms with E-state index in [0.717, 1.165) is 22.6 Å². The average molecular weight is 328 g/mol. The molecule has 0 aromatic heterocycles. The fourth-order valence-electron chi connectivity index (χ4n) is 3.42. The van der Waals surface area contributed by atoms with Gasteiger partial charge in [-0.2, -0.15) is 0 Å². The third kappa shape index (κ3) is 2.53. The van der Waals surface area contributed by atoms with E-state index in [-0.39, 0.29) is 6.04 Å². The molecule has 2 unspecified atom stereocenters. The Morgan fingerprint density at radius 1 is 0.800 bits per heavy atom. The summed E-state index contributed by atoms with van der Waals surface area (Å²) in [5, 5.41) is 11.8. The number of aliphatic hydroxyl groups is 1. The van der Waals surface area contributed by atoms with Gasteiger partial charge in [0.25, 0.3) is 0 Å². The van der Waals surface area contributed by atoms with Crippen LogP contribution in [0.2, 0.25) is 0 Å². The first-order valence-corrected chi connectivity index (χ1v) is 8.47. The zero-order chi connectivity index (χ0) is 17.3. The number of amidine groups is 1. The second-order valence-corrected chi connectivity index (χ2v) is 6.26. The molecule has 25 heavy (non-hydrogen) atoms. The normalized spacial score (nSPS) is 22.7. The Hall–Kier alpha value is -2.91. The van der Waals surface area contributed by atoms with Crippen molar-refractivity contribution in [1.82, 2.24) is 0 Å². The molecule has 0 saturated carbocycles. The molecule has 2 atom stereocenters. The minimum absolute atomic E-state index is 0.301. The monoisotopic (exact) mass is 328 g/mol. The molecule has 0 bridgehead atoms. The van der Waals surface area contributed by atoms with Crippen LogP contribution in [0.25, 0.3) is 0 Å². The van der Waals surface area contributed by atoms with Crippen LogP contribution >= 0.6 is 0 Å². The van der Waals surface area contributed by atoms with Crippen LogP contribution in [-0.4, -0.2) is 17.0 Å². The van der Waals surface area contributed by atoms with Crippen LogP contribution < -0.4 is 4.90 Å². The number of para-hydroxylation sites is 1. The van der Waals surface area contributed by atoms with Crippen molar-refractivity contribution in [1.29, 1.82) is 0 Å². The lowest BCUT2D eigenvalue weighted by molar-refractivity contribution is 0.0351. The topological polar surface area (TPSA) is 35.8 Å². The highest BCUT2D eigenvalue weighted by molar-refractivity contribution is 6.12. The molecular weight excluding hydrogens is 308 g/mol. The van der Waals surface area contributed by atoms with Crippen LogP contribution in [0.3, 0.4) is 0 Å². The number of anilines is 1. The predicted molar refractivity (Wildman–Crippen MR) is 102 cm³/mol. The van der Waals surface area contributed by atoms with Gasteiger partial charge in [-0.25, -0.2) is 0 Å². The molecule has 0 spiro atoms. The van der Waals surface area contributed by atoms with E-state index in [1.165, 1.54) is 0 Å². The molecule has 3 aromatic rings. The summed E-state index contributed by atoms with van der Waals surface area (Å²) in [6.07, 6.45) is 0. The Morgan fingerprint density at radius 3 is 1.92 bits per heavy atom. The predicted octanol–water partition coefficient (Wildman–Crippen LogP) is 4.19. The molecular formula is C22H20N2O. The molecule has 0 fully saturated rings. The Morgan fingerprint density at radius 2 is 1.32 bits per heavy atom. The molecule has 0 amide bonds. The molecule has 3 nitrogen and oxygen atoms in total. The third-order valence-corrected chi connectivity index (χ3v) is 4.70. The van der Waals surface area contributed by atoms with Crippen molar-refractivity contribution < 1.29 is 5.11 Å². The van der Waals surface area contributed by atoms with Crippen molar-refractivity contribution in [2.45, 2.75) is 18.7 Å². The number of hydrogen-bond acceptors (Lipinski definition) is 3. The lowest BCUT2D eigenvalue weighted by Gasteiger charge is -2.38. The molecule has 1 heterocycles. The molecule has 0 radical (unpaired) electrons. The van der Waals surface area contributed by atoms with Gasteiger partial charge in [0.1, 0.15) is 11.9 Å². The van der Waals surface area contributed by atoms with Crippen molar-refractivity contribution in [2.24, 2.45) is 4.99 Å². The summed E-state index contributed by atoms with van der Waals surface area (Å²) in [7, 11) is 0. The Labute approximate surface area is 147 Å². The van der Waals surface area contributed by atoms with E-state index in [9.17, 15) is 5.11 Å². The van der Waals surface area contributed by atoms with E-state index in [1.807, 2.05) is 103 Å². The number of rotatable bonds is 3. The zero-order valence-corrected chi connectivity index (χ0v) is 14.1. The fraction of sp³-hybridized carbons (Fsp3) is 0.136. The van der Waals surface area contributed by atoms with Gasteiger partial charge in [-0.1, -0.05) is 78.9 Å². The SMILES string of the molecule is CC1N=C(c2ccccc2)N(c2ccccc2)C1(O)c1ccccc1. The molecule has 0 aliphatic carbocycles. The van der Waals surface area contributed by atoms with E-state index < -0.39 is 5.72 Å². The summed E-state index contributed by atoms with van der Waals surface area (Å²) in [6.45, 7) is 1.96. The number of hydrogen-bond donors (Lipinski definition) is 1. The Balaban J connectivity index is 1.91. The van der Waals surface area contributed by atoms with E-state index >= 15 is 0 Å². The van der Waals surface area contributed by atoms with Gasteiger partial charge in [0.05, 0.1) is 0 Å². The number of benzene rings is 3. The van der Waals surface area contributed by atoms with Gasteiger partial charge in [-0.3, -0.25) is 9.89 Å². The second kappa shape index (κ2) is 6.19. The van der Waals surface area contributed by atoms with Crippen molar-refractivity contribution in [3.8, 4) is 0 Å². The van der Waals surface area contributed by atoms with Crippen LogP contribution in [0.1, 0.15) is 18.1 Å². The molecule has 0 saturated heterocycles. The van der Waals surface area contributed by atoms with Crippen molar-refractivity contribution >= 4 is 11.5 Å². The molecule has 1 N–H and O–H groups in total. The molecule has 1 aliphatic rings. The van der Waals surface area contributed by atoms with E-state index in [1.54, 1.807) is 0 Å². The van der Waals surface area contributed by atoms with Crippen LogP contribution in [0.5, 0.6) is 0 Å². The van der Waals surface area contributed by atoms with Crippen LogP contribution in [0, 0.1) is 0 Å². The second-order valence-electron chi connectivity index (χ2n) is 6.26. The smallest absolute Gasteiger partial charge is 0.192 e. The van der Waals surface area contributed by atoms with Crippen molar-refractivity contribution in [2.75, 3.05) is 4.90 Å². The summed E-state index contributed by atoms with van der Waals surface area (Å²) in [5.41, 5.74) is 1.51. The first-order chi connectivity index (χ1) is 12.2. The van der Waals surface area contributed by atoms with Crippen LogP contribution in [0.4, 0.5) is 5.69 Å². The first kappa shape index (κ1) is 15.6. The average Bonchev–Trinajstić information content (AvgIpc) is 2.96. The first-order valence-electron chi connectivity index (χ1n) is 8.47. The Kier molecular flexibility index (Phi) is 3.86. The highest BCUT2D eigenvalue weighted by Crippen LogP contribution is 2.41. The quantitative estimate of drug-likeness (QED) is 0.782. The lowest BCUT2D eigenvalue weighted by atomic mass is 9.94. The Bertz CT molecular complexity index is 878. The summed E-state index contributed by atoms with van der Waals surface area (Å²) < 4.78 is 0. The maximum Gasteiger partial charge on any atom is 0.192 e. The third-order valence-electron chi connectivity index (χ3n) is 4.70. The largest absolute Gasteiger partial charge is 0.365 e. The van der Waals surface area contributed by atoms with Gasteiger partial charge < -0.3 is 5.11 Å². The maximum atomic E-state index is 11.8. The van der Waals surface area contributed by atoms with Gasteiger partial charge >= 0.3 is 0 Å². The lowest BCUT2D eigenvalue weighted by Crippen LogP contribution is -2.50. The van der Waals surface area contributed by atoms with E-state index in [2.05, 4.69) is 0 Å². The van der Waals surface area contributed by atoms with E-state index in [4.69, 9.17) is 4.99 Å². The number of aliphatic imine (C=N–C) groups is 1. The van der Waals surface area contributed by atoms with E-state index in [0.29, 0.717) is 0 Å². The highest BCUT2D eigenvalue weighted by Gasteiger charge is 2.49. The highest BCUT2D eigenvalue weighted by atomic mass is 16.3. The summed E-state index contributed by atoms with van der Waals surface area (Å²) in [4.78, 5) is 6.79. The molecule has 124 valence electrons. The summed E-state index contributed by atoms with van der Waals surface area (Å²) in [5.74, 6) is 0.783. The van der Waals surface area contributed by atoms with Gasteiger partial charge in [0, 0.05) is 16.8 Å². The standard InChI is InChI=1S/C22H20N2O/c1-17-22(25,19-13-7-3-8-14-19)24(20-15-9-4-10-16-20)21(23-17)18-11-5-2-6-12-18/h2-17,25H,1H3. The van der Waals surface area contributed by atoms with Gasteiger partial charge in [-0.15, -0.1) is 0 Å². The molecule has 4 rings (SSSR count). The summed E-state index contributed by atoms with van der Waals surface area (Å²) in [6, 6.07) is 29.4. The molecule has 1 aliphatic heterocycles. The van der Waals surface area contributed by atoms with Crippen molar-refractivity contribution in [3.05, 3.63) is 102 Å². The minimum Gasteiger partial charge on any atom is -0.365 e. The van der Waals surface area contributed by atoms with Gasteiger partial charge in [0.15, 0.2) is 5.72 Å². The minimum atomic E-state index is -1.23. The van der Waals surface area contributed by atoms with Crippen LogP contribution in [-0.2, 0) is 5.72 Å². The maximum absolute atomic E-state index is 11.8.